The SMILES string of the molecule is CC1CCOCC1.[B]C. The Bertz CT molecular complexity index is 50.9. The Morgan fingerprint density at radius 3 is 1.89 bits per heavy atom. The summed E-state index contributed by atoms with van der Waals surface area (Å²) in [6, 6.07) is 0. The van der Waals surface area contributed by atoms with E-state index in [4.69, 9.17) is 4.74 Å². The molecule has 1 fully saturated rings. The molecule has 2 heteroatoms. The standard InChI is InChI=1S/C6H12O.CH3B/c1-6-2-4-7-5-3-6;1-2/h6H,2-5H2,1H3;1H3. The molecule has 0 N–H and O–H groups in total. The lowest BCUT2D eigenvalue weighted by atomic mass is 10.0. The second-order valence-corrected chi connectivity index (χ2v) is 2.29. The molecule has 0 aromatic heterocycles. The Kier molecular flexibility index (Phi) is 6.17. The molecule has 1 aliphatic rings. The molecule has 0 unspecified atom stereocenters. The highest BCUT2D eigenvalue weighted by Gasteiger charge is 2.06. The predicted molar refractivity (Wildman–Crippen MR) is 40.8 cm³/mol. The van der Waals surface area contributed by atoms with E-state index in [1.807, 2.05) is 0 Å². The molecule has 9 heavy (non-hydrogen) atoms. The van der Waals surface area contributed by atoms with Gasteiger partial charge in [-0.3, -0.25) is 0 Å². The van der Waals surface area contributed by atoms with Gasteiger partial charge in [0.05, 0.1) is 7.85 Å². The molecule has 2 radical (unpaired) electrons. The summed E-state index contributed by atoms with van der Waals surface area (Å²) in [5, 5.41) is 0. The Balaban J connectivity index is 0.000000291. The van der Waals surface area contributed by atoms with Crippen LogP contribution in [0.4, 0.5) is 0 Å². The zero-order valence-corrected chi connectivity index (χ0v) is 6.39. The monoisotopic (exact) mass is 126 g/mol. The molecule has 1 rings (SSSR count). The van der Waals surface area contributed by atoms with Crippen LogP contribution in [0.5, 0.6) is 0 Å². The number of hydrogen-bond acceptors (Lipinski definition) is 1. The van der Waals surface area contributed by atoms with Crippen LogP contribution in [0.25, 0.3) is 0 Å². The van der Waals surface area contributed by atoms with Gasteiger partial charge in [-0.1, -0.05) is 13.7 Å². The molecule has 52 valence electrons. The summed E-state index contributed by atoms with van der Waals surface area (Å²) in [5.41, 5.74) is 0. The van der Waals surface area contributed by atoms with Crippen LogP contribution in [0.3, 0.4) is 0 Å². The third-order valence-electron chi connectivity index (χ3n) is 1.51. The summed E-state index contributed by atoms with van der Waals surface area (Å²) in [5.74, 6) is 0.911. The summed E-state index contributed by atoms with van der Waals surface area (Å²) in [4.78, 5) is 0. The predicted octanol–water partition coefficient (Wildman–Crippen LogP) is 1.64. The number of hydrogen-bond donors (Lipinski definition) is 0. The van der Waals surface area contributed by atoms with Crippen LogP contribution >= 0.6 is 0 Å². The fraction of sp³-hybridized carbons (Fsp3) is 1.00. The van der Waals surface area contributed by atoms with Crippen molar-refractivity contribution in [3.8, 4) is 0 Å². The first kappa shape index (κ1) is 9.02. The minimum Gasteiger partial charge on any atom is -0.381 e. The molecule has 0 aliphatic carbocycles. The van der Waals surface area contributed by atoms with Gasteiger partial charge >= 0.3 is 0 Å². The normalized spacial score (nSPS) is 20.2. The van der Waals surface area contributed by atoms with Gasteiger partial charge in [0.1, 0.15) is 0 Å². The fourth-order valence-corrected chi connectivity index (χ4v) is 0.815. The van der Waals surface area contributed by atoms with E-state index in [0.29, 0.717) is 0 Å². The molecule has 1 aliphatic heterocycles. The summed E-state index contributed by atoms with van der Waals surface area (Å²) < 4.78 is 5.14. The van der Waals surface area contributed by atoms with Gasteiger partial charge in [0, 0.05) is 13.2 Å². The van der Waals surface area contributed by atoms with Crippen LogP contribution < -0.4 is 0 Å². The Hall–Kier alpha value is 0.0249. The van der Waals surface area contributed by atoms with Gasteiger partial charge < -0.3 is 4.74 Å². The van der Waals surface area contributed by atoms with Crippen LogP contribution in [0, 0.1) is 5.92 Å². The minimum atomic E-state index is 0.911. The van der Waals surface area contributed by atoms with Gasteiger partial charge in [-0.05, 0) is 18.8 Å². The third-order valence-corrected chi connectivity index (χ3v) is 1.51. The molecule has 0 amide bonds. The molecular weight excluding hydrogens is 111 g/mol. The number of ether oxygens (including phenoxy) is 1. The van der Waals surface area contributed by atoms with Gasteiger partial charge in [-0.2, -0.15) is 0 Å². The van der Waals surface area contributed by atoms with E-state index < -0.39 is 0 Å². The van der Waals surface area contributed by atoms with Crippen molar-refractivity contribution in [2.24, 2.45) is 5.92 Å². The van der Waals surface area contributed by atoms with E-state index in [-0.39, 0.29) is 0 Å². The van der Waals surface area contributed by atoms with Crippen molar-refractivity contribution < 1.29 is 4.74 Å². The quantitative estimate of drug-likeness (QED) is 0.448. The largest absolute Gasteiger partial charge is 0.381 e. The Labute approximate surface area is 59.2 Å². The summed E-state index contributed by atoms with van der Waals surface area (Å²) in [7, 11) is 4.50. The van der Waals surface area contributed by atoms with Crippen LogP contribution in [0.15, 0.2) is 0 Å². The average molecular weight is 126 g/mol. The summed E-state index contributed by atoms with van der Waals surface area (Å²) in [6.07, 6.45) is 2.53. The van der Waals surface area contributed by atoms with Crippen molar-refractivity contribution in [1.29, 1.82) is 0 Å². The maximum Gasteiger partial charge on any atom is 0.0606 e. The van der Waals surface area contributed by atoms with Gasteiger partial charge in [0.15, 0.2) is 0 Å². The molecule has 0 atom stereocenters. The minimum absolute atomic E-state index is 0.911. The molecule has 0 aromatic rings. The first-order valence-electron chi connectivity index (χ1n) is 3.55. The van der Waals surface area contributed by atoms with Crippen molar-refractivity contribution in [3.05, 3.63) is 0 Å². The molecule has 1 heterocycles. The van der Waals surface area contributed by atoms with Gasteiger partial charge in [0.25, 0.3) is 0 Å². The van der Waals surface area contributed by atoms with Crippen LogP contribution in [0.2, 0.25) is 6.82 Å². The highest BCUT2D eigenvalue weighted by molar-refractivity contribution is 6.05. The van der Waals surface area contributed by atoms with Crippen LogP contribution in [0.1, 0.15) is 19.8 Å². The van der Waals surface area contributed by atoms with E-state index in [0.717, 1.165) is 19.1 Å². The highest BCUT2D eigenvalue weighted by Crippen LogP contribution is 2.11. The van der Waals surface area contributed by atoms with Gasteiger partial charge in [0.2, 0.25) is 0 Å². The molecule has 0 saturated carbocycles. The molecule has 0 spiro atoms. The average Bonchev–Trinajstić information content (AvgIpc) is 1.94. The highest BCUT2D eigenvalue weighted by atomic mass is 16.5. The number of rotatable bonds is 0. The molecule has 0 bridgehead atoms. The zero-order valence-electron chi connectivity index (χ0n) is 6.39. The maximum atomic E-state index is 5.14. The van der Waals surface area contributed by atoms with Gasteiger partial charge in [-0.15, -0.1) is 0 Å². The van der Waals surface area contributed by atoms with E-state index >= 15 is 0 Å². The van der Waals surface area contributed by atoms with Crippen LogP contribution in [-0.2, 0) is 4.74 Å². The first-order valence-corrected chi connectivity index (χ1v) is 3.55. The zero-order chi connectivity index (χ0) is 7.11. The Morgan fingerprint density at radius 2 is 1.67 bits per heavy atom. The van der Waals surface area contributed by atoms with Crippen molar-refractivity contribution in [3.63, 3.8) is 0 Å². The molecule has 1 saturated heterocycles. The third kappa shape index (κ3) is 4.52. The van der Waals surface area contributed by atoms with Crippen molar-refractivity contribution in [2.75, 3.05) is 13.2 Å². The summed E-state index contributed by atoms with van der Waals surface area (Å²) in [6.45, 7) is 5.75. The van der Waals surface area contributed by atoms with E-state index in [2.05, 4.69) is 14.8 Å². The van der Waals surface area contributed by atoms with Crippen molar-refractivity contribution in [1.82, 2.24) is 0 Å². The van der Waals surface area contributed by atoms with Crippen LogP contribution in [-0.4, -0.2) is 21.1 Å². The molecule has 1 nitrogen and oxygen atoms in total. The lowest BCUT2D eigenvalue weighted by molar-refractivity contribution is 0.0716. The second-order valence-electron chi connectivity index (χ2n) is 2.29. The van der Waals surface area contributed by atoms with E-state index in [9.17, 15) is 0 Å². The lowest BCUT2D eigenvalue weighted by Crippen LogP contribution is -2.12. The van der Waals surface area contributed by atoms with Crippen molar-refractivity contribution >= 4 is 7.85 Å². The smallest absolute Gasteiger partial charge is 0.0606 e. The molecular formula is C7H15BO. The fourth-order valence-electron chi connectivity index (χ4n) is 0.815. The van der Waals surface area contributed by atoms with E-state index in [1.165, 1.54) is 19.7 Å². The van der Waals surface area contributed by atoms with Gasteiger partial charge in [-0.25, -0.2) is 0 Å². The first-order chi connectivity index (χ1) is 4.39. The maximum absolute atomic E-state index is 5.14. The second kappa shape index (κ2) is 6.15. The molecule has 0 aromatic carbocycles. The van der Waals surface area contributed by atoms with Crippen molar-refractivity contribution in [2.45, 2.75) is 26.6 Å². The topological polar surface area (TPSA) is 9.23 Å². The Morgan fingerprint density at radius 1 is 1.22 bits per heavy atom. The lowest BCUT2D eigenvalue weighted by Gasteiger charge is -2.16. The van der Waals surface area contributed by atoms with E-state index in [1.54, 1.807) is 0 Å². The summed E-state index contributed by atoms with van der Waals surface area (Å²) >= 11 is 0.